The highest BCUT2D eigenvalue weighted by molar-refractivity contribution is 5.01. The summed E-state index contributed by atoms with van der Waals surface area (Å²) in [5, 5.41) is 3.91. The van der Waals surface area contributed by atoms with E-state index in [1.165, 1.54) is 71.2 Å². The fraction of sp³-hybridized carbons (Fsp3) is 1.00. The van der Waals surface area contributed by atoms with E-state index in [0.29, 0.717) is 5.54 Å². The zero-order valence-corrected chi connectivity index (χ0v) is 12.8. The molecule has 110 valence electrons. The van der Waals surface area contributed by atoms with Crippen LogP contribution in [-0.2, 0) is 0 Å². The van der Waals surface area contributed by atoms with Crippen LogP contribution in [0.5, 0.6) is 0 Å². The SMILES string of the molecule is CCC1CNC2(CCCC2)CN1CC1CCN(C)C1. The second kappa shape index (κ2) is 5.71. The molecule has 3 fully saturated rings. The smallest absolute Gasteiger partial charge is 0.0309 e. The molecule has 1 aliphatic carbocycles. The molecular formula is C16H31N3. The van der Waals surface area contributed by atoms with Crippen molar-refractivity contribution < 1.29 is 0 Å². The van der Waals surface area contributed by atoms with Gasteiger partial charge in [0.25, 0.3) is 0 Å². The van der Waals surface area contributed by atoms with Gasteiger partial charge in [0.2, 0.25) is 0 Å². The monoisotopic (exact) mass is 265 g/mol. The largest absolute Gasteiger partial charge is 0.308 e. The van der Waals surface area contributed by atoms with E-state index >= 15 is 0 Å². The van der Waals surface area contributed by atoms with E-state index < -0.39 is 0 Å². The lowest BCUT2D eigenvalue weighted by molar-refractivity contribution is 0.0652. The van der Waals surface area contributed by atoms with Crippen molar-refractivity contribution in [3.05, 3.63) is 0 Å². The van der Waals surface area contributed by atoms with Gasteiger partial charge in [-0.15, -0.1) is 0 Å². The number of likely N-dealkylation sites (tertiary alicyclic amines) is 1. The van der Waals surface area contributed by atoms with Gasteiger partial charge in [0.15, 0.2) is 0 Å². The summed E-state index contributed by atoms with van der Waals surface area (Å²) in [6, 6.07) is 0.775. The molecule has 2 aliphatic heterocycles. The molecule has 19 heavy (non-hydrogen) atoms. The van der Waals surface area contributed by atoms with E-state index in [2.05, 4.69) is 29.1 Å². The topological polar surface area (TPSA) is 18.5 Å². The quantitative estimate of drug-likeness (QED) is 0.841. The normalized spacial score (nSPS) is 36.3. The Morgan fingerprint density at radius 3 is 2.68 bits per heavy atom. The van der Waals surface area contributed by atoms with Crippen molar-refractivity contribution in [1.29, 1.82) is 0 Å². The van der Waals surface area contributed by atoms with Gasteiger partial charge >= 0.3 is 0 Å². The van der Waals surface area contributed by atoms with E-state index in [1.54, 1.807) is 0 Å². The molecular weight excluding hydrogens is 234 g/mol. The third-order valence-electron chi connectivity index (χ3n) is 5.75. The summed E-state index contributed by atoms with van der Waals surface area (Å²) in [5.41, 5.74) is 0.482. The number of nitrogens with zero attached hydrogens (tertiary/aromatic N) is 2. The maximum absolute atomic E-state index is 3.91. The first kappa shape index (κ1) is 13.8. The molecule has 2 saturated heterocycles. The minimum atomic E-state index is 0.482. The van der Waals surface area contributed by atoms with Crippen molar-refractivity contribution in [2.45, 2.75) is 57.0 Å². The number of hydrogen-bond donors (Lipinski definition) is 1. The van der Waals surface area contributed by atoms with Crippen molar-refractivity contribution in [1.82, 2.24) is 15.1 Å². The molecule has 0 bridgehead atoms. The van der Waals surface area contributed by atoms with Gasteiger partial charge in [0.05, 0.1) is 0 Å². The molecule has 0 amide bonds. The molecule has 3 aliphatic rings. The van der Waals surface area contributed by atoms with E-state index in [9.17, 15) is 0 Å². The van der Waals surface area contributed by atoms with Crippen molar-refractivity contribution in [2.24, 2.45) is 5.92 Å². The Morgan fingerprint density at radius 1 is 1.26 bits per heavy atom. The number of rotatable bonds is 3. The third kappa shape index (κ3) is 2.98. The van der Waals surface area contributed by atoms with Crippen LogP contribution >= 0.6 is 0 Å². The number of hydrogen-bond acceptors (Lipinski definition) is 3. The van der Waals surface area contributed by atoms with Gasteiger partial charge in [-0.1, -0.05) is 19.8 Å². The molecule has 2 atom stereocenters. The lowest BCUT2D eigenvalue weighted by Crippen LogP contribution is -2.63. The molecule has 1 N–H and O–H groups in total. The molecule has 0 radical (unpaired) electrons. The van der Waals surface area contributed by atoms with E-state index in [1.807, 2.05) is 0 Å². The summed E-state index contributed by atoms with van der Waals surface area (Å²) in [7, 11) is 2.27. The molecule has 1 spiro atoms. The first-order valence-corrected chi connectivity index (χ1v) is 8.38. The predicted molar refractivity (Wildman–Crippen MR) is 80.5 cm³/mol. The summed E-state index contributed by atoms with van der Waals surface area (Å²) >= 11 is 0. The molecule has 0 aromatic heterocycles. The van der Waals surface area contributed by atoms with Crippen LogP contribution in [-0.4, -0.2) is 61.2 Å². The van der Waals surface area contributed by atoms with Crippen LogP contribution in [0.4, 0.5) is 0 Å². The lowest BCUT2D eigenvalue weighted by Gasteiger charge is -2.47. The summed E-state index contributed by atoms with van der Waals surface area (Å²) in [5.74, 6) is 0.913. The van der Waals surface area contributed by atoms with Crippen LogP contribution in [0.15, 0.2) is 0 Å². The standard InChI is InChI=1S/C16H31N3/c1-3-15-10-17-16(7-4-5-8-16)13-19(15)12-14-6-9-18(2)11-14/h14-15,17H,3-13H2,1-2H3. The Kier molecular flexibility index (Phi) is 4.16. The molecule has 3 rings (SSSR count). The van der Waals surface area contributed by atoms with Crippen LogP contribution in [0.1, 0.15) is 45.4 Å². The average Bonchev–Trinajstić information content (AvgIpc) is 3.00. The van der Waals surface area contributed by atoms with Gasteiger partial charge in [0.1, 0.15) is 0 Å². The van der Waals surface area contributed by atoms with Crippen molar-refractivity contribution >= 4 is 0 Å². The Labute approximate surface area is 118 Å². The van der Waals surface area contributed by atoms with Gasteiger partial charge in [-0.2, -0.15) is 0 Å². The van der Waals surface area contributed by atoms with Crippen molar-refractivity contribution in [3.63, 3.8) is 0 Å². The summed E-state index contributed by atoms with van der Waals surface area (Å²) in [6.45, 7) is 8.84. The maximum Gasteiger partial charge on any atom is 0.0309 e. The Bertz CT molecular complexity index is 298. The minimum Gasteiger partial charge on any atom is -0.308 e. The van der Waals surface area contributed by atoms with Gasteiger partial charge in [0, 0.05) is 37.8 Å². The van der Waals surface area contributed by atoms with Crippen LogP contribution in [0.2, 0.25) is 0 Å². The highest BCUT2D eigenvalue weighted by atomic mass is 15.3. The maximum atomic E-state index is 3.91. The van der Waals surface area contributed by atoms with Gasteiger partial charge in [-0.05, 0) is 45.2 Å². The lowest BCUT2D eigenvalue weighted by atomic mass is 9.90. The van der Waals surface area contributed by atoms with Gasteiger partial charge in [-0.3, -0.25) is 4.90 Å². The molecule has 2 unspecified atom stereocenters. The van der Waals surface area contributed by atoms with E-state index in [4.69, 9.17) is 0 Å². The second-order valence-corrected chi connectivity index (χ2v) is 7.28. The van der Waals surface area contributed by atoms with Crippen LogP contribution in [0.25, 0.3) is 0 Å². The van der Waals surface area contributed by atoms with E-state index in [-0.39, 0.29) is 0 Å². The Hall–Kier alpha value is -0.120. The number of piperazine rings is 1. The summed E-state index contributed by atoms with van der Waals surface area (Å²) < 4.78 is 0. The van der Waals surface area contributed by atoms with Crippen LogP contribution < -0.4 is 5.32 Å². The van der Waals surface area contributed by atoms with Crippen molar-refractivity contribution in [2.75, 3.05) is 39.8 Å². The first-order valence-electron chi connectivity index (χ1n) is 8.38. The highest BCUT2D eigenvalue weighted by Gasteiger charge is 2.41. The molecule has 2 heterocycles. The second-order valence-electron chi connectivity index (χ2n) is 7.28. The predicted octanol–water partition coefficient (Wildman–Crippen LogP) is 1.93. The Morgan fingerprint density at radius 2 is 2.05 bits per heavy atom. The zero-order valence-electron chi connectivity index (χ0n) is 12.8. The molecule has 1 saturated carbocycles. The highest BCUT2D eigenvalue weighted by Crippen LogP contribution is 2.34. The molecule has 0 aromatic rings. The van der Waals surface area contributed by atoms with Gasteiger partial charge in [-0.25, -0.2) is 0 Å². The third-order valence-corrected chi connectivity index (χ3v) is 5.75. The van der Waals surface area contributed by atoms with Crippen molar-refractivity contribution in [3.8, 4) is 0 Å². The molecule has 3 heteroatoms. The Balaban J connectivity index is 1.62. The van der Waals surface area contributed by atoms with Crippen LogP contribution in [0.3, 0.4) is 0 Å². The molecule has 3 nitrogen and oxygen atoms in total. The number of nitrogens with one attached hydrogen (secondary N) is 1. The molecule has 0 aromatic carbocycles. The average molecular weight is 265 g/mol. The zero-order chi connectivity index (χ0) is 13.3. The van der Waals surface area contributed by atoms with Gasteiger partial charge < -0.3 is 10.2 Å². The summed E-state index contributed by atoms with van der Waals surface area (Å²) in [6.07, 6.45) is 8.39. The fourth-order valence-electron chi connectivity index (χ4n) is 4.55. The first-order chi connectivity index (χ1) is 9.21. The van der Waals surface area contributed by atoms with E-state index in [0.717, 1.165) is 12.0 Å². The minimum absolute atomic E-state index is 0.482. The summed E-state index contributed by atoms with van der Waals surface area (Å²) in [4.78, 5) is 5.34. The van der Waals surface area contributed by atoms with Crippen LogP contribution in [0, 0.1) is 5.92 Å². The fourth-order valence-corrected chi connectivity index (χ4v) is 4.55.